The van der Waals surface area contributed by atoms with Crippen LogP contribution in [0.1, 0.15) is 26.3 Å². The molecule has 0 saturated heterocycles. The Hall–Kier alpha value is -3.06. The summed E-state index contributed by atoms with van der Waals surface area (Å²) in [6, 6.07) is 15.6. The van der Waals surface area contributed by atoms with Crippen LogP contribution in [0, 0.1) is 11.8 Å². The molecule has 0 radical (unpaired) electrons. The zero-order chi connectivity index (χ0) is 15.1. The molecule has 0 saturated carbocycles. The zero-order valence-electron chi connectivity index (χ0n) is 11.3. The van der Waals surface area contributed by atoms with Crippen molar-refractivity contribution < 1.29 is 9.59 Å². The normalized spacial score (nSPS) is 9.33. The smallest absolute Gasteiger partial charge is 0.252 e. The quantitative estimate of drug-likeness (QED) is 0.836. The summed E-state index contributed by atoms with van der Waals surface area (Å²) in [7, 11) is 0. The van der Waals surface area contributed by atoms with Crippen molar-refractivity contribution in [1.29, 1.82) is 0 Å². The maximum atomic E-state index is 11.7. The maximum absolute atomic E-state index is 11.7. The van der Waals surface area contributed by atoms with E-state index in [0.29, 0.717) is 11.1 Å². The van der Waals surface area contributed by atoms with E-state index in [2.05, 4.69) is 17.2 Å². The standard InChI is InChI=1S/C17H14N2O2/c18-16(20)14-10-8-13(9-11-14)5-4-12-19-17(21)15-6-2-1-3-7-15/h1-3,6-11H,12H2,(H2,18,20)(H,19,21). The van der Waals surface area contributed by atoms with Crippen molar-refractivity contribution in [3.05, 3.63) is 71.3 Å². The Morgan fingerprint density at radius 2 is 1.62 bits per heavy atom. The fourth-order valence-electron chi connectivity index (χ4n) is 1.68. The van der Waals surface area contributed by atoms with E-state index in [-0.39, 0.29) is 12.5 Å². The van der Waals surface area contributed by atoms with Crippen molar-refractivity contribution in [3.63, 3.8) is 0 Å². The largest absolute Gasteiger partial charge is 0.366 e. The maximum Gasteiger partial charge on any atom is 0.252 e. The molecule has 104 valence electrons. The number of amides is 2. The van der Waals surface area contributed by atoms with Gasteiger partial charge in [0.05, 0.1) is 6.54 Å². The molecule has 0 spiro atoms. The summed E-state index contributed by atoms with van der Waals surface area (Å²) < 4.78 is 0. The molecule has 0 unspecified atom stereocenters. The highest BCUT2D eigenvalue weighted by Crippen LogP contribution is 2.02. The summed E-state index contributed by atoms with van der Waals surface area (Å²) in [5, 5.41) is 2.71. The van der Waals surface area contributed by atoms with Gasteiger partial charge in [-0.05, 0) is 36.4 Å². The molecule has 0 fully saturated rings. The Morgan fingerprint density at radius 1 is 0.952 bits per heavy atom. The number of rotatable bonds is 3. The molecule has 0 atom stereocenters. The first kappa shape index (κ1) is 14.4. The lowest BCUT2D eigenvalue weighted by Crippen LogP contribution is -2.23. The predicted octanol–water partition coefficient (Wildman–Crippen LogP) is 1.57. The Balaban J connectivity index is 1.89. The molecule has 0 bridgehead atoms. The molecule has 0 aliphatic carbocycles. The van der Waals surface area contributed by atoms with Crippen LogP contribution in [0.3, 0.4) is 0 Å². The number of nitrogens with one attached hydrogen (secondary N) is 1. The van der Waals surface area contributed by atoms with E-state index in [1.807, 2.05) is 6.07 Å². The van der Waals surface area contributed by atoms with E-state index in [1.165, 1.54) is 0 Å². The molecule has 2 aromatic rings. The minimum absolute atomic E-state index is 0.158. The summed E-state index contributed by atoms with van der Waals surface area (Å²) >= 11 is 0. The molecule has 0 heterocycles. The average molecular weight is 278 g/mol. The van der Waals surface area contributed by atoms with Gasteiger partial charge in [0.15, 0.2) is 0 Å². The van der Waals surface area contributed by atoms with Gasteiger partial charge in [-0.15, -0.1) is 0 Å². The molecule has 4 heteroatoms. The van der Waals surface area contributed by atoms with Crippen molar-refractivity contribution in [2.75, 3.05) is 6.54 Å². The Labute approximate surface area is 123 Å². The lowest BCUT2D eigenvalue weighted by molar-refractivity contribution is 0.0957. The van der Waals surface area contributed by atoms with Crippen molar-refractivity contribution >= 4 is 11.8 Å². The first-order chi connectivity index (χ1) is 10.2. The SMILES string of the molecule is NC(=O)c1ccc(C#CCNC(=O)c2ccccc2)cc1. The molecule has 4 nitrogen and oxygen atoms in total. The monoisotopic (exact) mass is 278 g/mol. The van der Waals surface area contributed by atoms with Crippen molar-refractivity contribution in [2.45, 2.75) is 0 Å². The minimum atomic E-state index is -0.468. The molecular formula is C17H14N2O2. The van der Waals surface area contributed by atoms with Gasteiger partial charge >= 0.3 is 0 Å². The average Bonchev–Trinajstić information content (AvgIpc) is 2.52. The van der Waals surface area contributed by atoms with E-state index >= 15 is 0 Å². The van der Waals surface area contributed by atoms with E-state index in [9.17, 15) is 9.59 Å². The lowest BCUT2D eigenvalue weighted by atomic mass is 10.1. The summed E-state index contributed by atoms with van der Waals surface area (Å²) in [6.45, 7) is 0.255. The first-order valence-corrected chi connectivity index (χ1v) is 6.39. The van der Waals surface area contributed by atoms with E-state index < -0.39 is 5.91 Å². The van der Waals surface area contributed by atoms with Gasteiger partial charge in [0.25, 0.3) is 5.91 Å². The molecule has 3 N–H and O–H groups in total. The van der Waals surface area contributed by atoms with Crippen LogP contribution in [-0.2, 0) is 0 Å². The third-order valence-electron chi connectivity index (χ3n) is 2.78. The van der Waals surface area contributed by atoms with Crippen LogP contribution in [0.15, 0.2) is 54.6 Å². The molecule has 0 aromatic heterocycles. The summed E-state index contributed by atoms with van der Waals surface area (Å²) in [6.07, 6.45) is 0. The number of carbonyl (C=O) groups excluding carboxylic acids is 2. The predicted molar refractivity (Wildman–Crippen MR) is 80.6 cm³/mol. The Kier molecular flexibility index (Phi) is 4.73. The third kappa shape index (κ3) is 4.22. The number of carbonyl (C=O) groups is 2. The Bertz CT molecular complexity index is 695. The van der Waals surface area contributed by atoms with Gasteiger partial charge in [-0.1, -0.05) is 30.0 Å². The van der Waals surface area contributed by atoms with Gasteiger partial charge in [0.2, 0.25) is 5.91 Å². The summed E-state index contributed by atoms with van der Waals surface area (Å²) in [5.41, 5.74) is 6.95. The van der Waals surface area contributed by atoms with Crippen LogP contribution in [0.25, 0.3) is 0 Å². The van der Waals surface area contributed by atoms with Crippen LogP contribution in [0.4, 0.5) is 0 Å². The van der Waals surface area contributed by atoms with Crippen molar-refractivity contribution in [2.24, 2.45) is 5.73 Å². The van der Waals surface area contributed by atoms with Gasteiger partial charge in [-0.3, -0.25) is 9.59 Å². The van der Waals surface area contributed by atoms with Crippen LogP contribution in [-0.4, -0.2) is 18.4 Å². The highest BCUT2D eigenvalue weighted by atomic mass is 16.2. The molecule has 2 amide bonds. The molecule has 21 heavy (non-hydrogen) atoms. The number of primary amides is 1. The van der Waals surface area contributed by atoms with Gasteiger partial charge in [-0.25, -0.2) is 0 Å². The number of benzene rings is 2. The molecule has 2 rings (SSSR count). The van der Waals surface area contributed by atoms with Crippen LogP contribution in [0.2, 0.25) is 0 Å². The zero-order valence-corrected chi connectivity index (χ0v) is 11.3. The van der Waals surface area contributed by atoms with E-state index in [0.717, 1.165) is 5.56 Å². The highest BCUT2D eigenvalue weighted by molar-refractivity contribution is 5.94. The summed E-state index contributed by atoms with van der Waals surface area (Å²) in [5.74, 6) is 5.13. The van der Waals surface area contributed by atoms with Gasteiger partial charge in [0.1, 0.15) is 0 Å². The highest BCUT2D eigenvalue weighted by Gasteiger charge is 2.01. The Morgan fingerprint density at radius 3 is 2.24 bits per heavy atom. The second kappa shape index (κ2) is 6.92. The van der Waals surface area contributed by atoms with Gasteiger partial charge in [0, 0.05) is 16.7 Å². The third-order valence-corrected chi connectivity index (χ3v) is 2.78. The molecular weight excluding hydrogens is 264 g/mol. The lowest BCUT2D eigenvalue weighted by Gasteiger charge is -2.00. The molecule has 0 aliphatic heterocycles. The van der Waals surface area contributed by atoms with Crippen LogP contribution in [0.5, 0.6) is 0 Å². The first-order valence-electron chi connectivity index (χ1n) is 6.39. The van der Waals surface area contributed by atoms with Crippen molar-refractivity contribution in [3.8, 4) is 11.8 Å². The minimum Gasteiger partial charge on any atom is -0.366 e. The second-order valence-corrected chi connectivity index (χ2v) is 4.29. The number of hydrogen-bond donors (Lipinski definition) is 2. The molecule has 2 aromatic carbocycles. The second-order valence-electron chi connectivity index (χ2n) is 4.29. The number of nitrogens with two attached hydrogens (primary N) is 1. The van der Waals surface area contributed by atoms with E-state index in [1.54, 1.807) is 48.5 Å². The van der Waals surface area contributed by atoms with Crippen LogP contribution < -0.4 is 11.1 Å². The van der Waals surface area contributed by atoms with Crippen molar-refractivity contribution in [1.82, 2.24) is 5.32 Å². The summed E-state index contributed by atoms with van der Waals surface area (Å²) in [4.78, 5) is 22.7. The number of hydrogen-bond acceptors (Lipinski definition) is 2. The fraction of sp³-hybridized carbons (Fsp3) is 0.0588. The fourth-order valence-corrected chi connectivity index (χ4v) is 1.68. The topological polar surface area (TPSA) is 72.2 Å². The van der Waals surface area contributed by atoms with Gasteiger partial charge < -0.3 is 11.1 Å². The van der Waals surface area contributed by atoms with E-state index in [4.69, 9.17) is 5.73 Å². The molecule has 0 aliphatic rings. The van der Waals surface area contributed by atoms with Crippen LogP contribution >= 0.6 is 0 Å². The van der Waals surface area contributed by atoms with Gasteiger partial charge in [-0.2, -0.15) is 0 Å².